The monoisotopic (exact) mass is 285 g/mol. The predicted octanol–water partition coefficient (Wildman–Crippen LogP) is 2.33. The second-order valence-electron chi connectivity index (χ2n) is 3.70. The summed E-state index contributed by atoms with van der Waals surface area (Å²) in [4.78, 5) is 11.1. The van der Waals surface area contributed by atoms with Crippen molar-refractivity contribution in [3.8, 4) is 0 Å². The van der Waals surface area contributed by atoms with Crippen LogP contribution in [0.2, 0.25) is 0 Å². The molecular weight excluding hydrogens is 269 g/mol. The lowest BCUT2D eigenvalue weighted by Crippen LogP contribution is -2.38. The molecule has 1 amide bonds. The van der Waals surface area contributed by atoms with E-state index in [0.29, 0.717) is 0 Å². The van der Waals surface area contributed by atoms with Crippen LogP contribution in [0.25, 0.3) is 0 Å². The van der Waals surface area contributed by atoms with Gasteiger partial charge in [-0.25, -0.2) is 4.79 Å². The molecule has 4 heteroatoms. The first-order chi connectivity index (χ1) is 5.35. The standard InChI is InChI=1S/C8H16INO2/c1-6(5-9)10-7(11)12-8(2,3)4/h6H,5H2,1-4H3,(H,10,11)/t6-/m1/s1. The fourth-order valence-electron chi connectivity index (χ4n) is 0.547. The molecule has 0 bridgehead atoms. The Morgan fingerprint density at radius 3 is 2.42 bits per heavy atom. The Morgan fingerprint density at radius 2 is 2.08 bits per heavy atom. The molecule has 0 aromatic heterocycles. The predicted molar refractivity (Wildman–Crippen MR) is 57.7 cm³/mol. The van der Waals surface area contributed by atoms with Gasteiger partial charge >= 0.3 is 6.09 Å². The summed E-state index contributed by atoms with van der Waals surface area (Å²) >= 11 is 2.21. The zero-order chi connectivity index (χ0) is 9.78. The zero-order valence-electron chi connectivity index (χ0n) is 7.98. The quantitative estimate of drug-likeness (QED) is 0.624. The minimum atomic E-state index is -0.408. The first kappa shape index (κ1) is 12.0. The Hall–Kier alpha value is 0. The van der Waals surface area contributed by atoms with Crippen molar-refractivity contribution in [2.24, 2.45) is 0 Å². The summed E-state index contributed by atoms with van der Waals surface area (Å²) in [6.07, 6.45) is -0.341. The van der Waals surface area contributed by atoms with Crippen molar-refractivity contribution in [2.75, 3.05) is 4.43 Å². The van der Waals surface area contributed by atoms with Gasteiger partial charge in [0.2, 0.25) is 0 Å². The lowest BCUT2D eigenvalue weighted by atomic mass is 10.2. The molecule has 0 saturated carbocycles. The van der Waals surface area contributed by atoms with Crippen molar-refractivity contribution in [3.63, 3.8) is 0 Å². The molecule has 0 radical (unpaired) electrons. The molecule has 0 aromatic carbocycles. The van der Waals surface area contributed by atoms with Crippen LogP contribution in [0.3, 0.4) is 0 Å². The number of hydrogen-bond donors (Lipinski definition) is 1. The number of hydrogen-bond acceptors (Lipinski definition) is 2. The highest BCUT2D eigenvalue weighted by molar-refractivity contribution is 14.1. The van der Waals surface area contributed by atoms with E-state index in [1.165, 1.54) is 0 Å². The Labute approximate surface area is 87.4 Å². The molecule has 0 saturated heterocycles. The Morgan fingerprint density at radius 1 is 1.58 bits per heavy atom. The summed E-state index contributed by atoms with van der Waals surface area (Å²) in [6, 6.07) is 0.167. The van der Waals surface area contributed by atoms with E-state index in [9.17, 15) is 4.79 Å². The number of nitrogens with one attached hydrogen (secondary N) is 1. The van der Waals surface area contributed by atoms with Gasteiger partial charge in [0.15, 0.2) is 0 Å². The maximum Gasteiger partial charge on any atom is 0.407 e. The van der Waals surface area contributed by atoms with Gasteiger partial charge in [-0.3, -0.25) is 0 Å². The summed E-state index contributed by atoms with van der Waals surface area (Å²) < 4.78 is 5.94. The van der Waals surface area contributed by atoms with E-state index in [-0.39, 0.29) is 12.1 Å². The minimum absolute atomic E-state index is 0.167. The molecule has 0 aromatic rings. The molecule has 0 spiro atoms. The van der Waals surface area contributed by atoms with Crippen LogP contribution in [0.4, 0.5) is 4.79 Å². The fraction of sp³-hybridized carbons (Fsp3) is 0.875. The average Bonchev–Trinajstić information content (AvgIpc) is 1.82. The minimum Gasteiger partial charge on any atom is -0.444 e. The van der Waals surface area contributed by atoms with Gasteiger partial charge in [-0.1, -0.05) is 22.6 Å². The largest absolute Gasteiger partial charge is 0.444 e. The zero-order valence-corrected chi connectivity index (χ0v) is 10.1. The van der Waals surface area contributed by atoms with E-state index in [1.54, 1.807) is 0 Å². The number of alkyl halides is 1. The fourth-order valence-corrected chi connectivity index (χ4v) is 0.768. The number of rotatable bonds is 2. The molecule has 0 unspecified atom stereocenters. The van der Waals surface area contributed by atoms with Crippen molar-refractivity contribution < 1.29 is 9.53 Å². The Balaban J connectivity index is 3.75. The second kappa shape index (κ2) is 4.89. The average molecular weight is 285 g/mol. The Bertz CT molecular complexity index is 154. The first-order valence-corrected chi connectivity index (χ1v) is 5.43. The molecule has 0 aliphatic carbocycles. The van der Waals surface area contributed by atoms with E-state index in [4.69, 9.17) is 4.74 Å². The second-order valence-corrected chi connectivity index (χ2v) is 4.58. The molecule has 72 valence electrons. The third-order valence-corrected chi connectivity index (χ3v) is 2.32. The van der Waals surface area contributed by atoms with E-state index in [2.05, 4.69) is 27.9 Å². The van der Waals surface area contributed by atoms with E-state index in [0.717, 1.165) is 4.43 Å². The maximum absolute atomic E-state index is 11.1. The van der Waals surface area contributed by atoms with Crippen LogP contribution < -0.4 is 5.32 Å². The highest BCUT2D eigenvalue weighted by Crippen LogP contribution is 2.06. The van der Waals surface area contributed by atoms with Gasteiger partial charge < -0.3 is 10.1 Å². The van der Waals surface area contributed by atoms with Gasteiger partial charge in [-0.2, -0.15) is 0 Å². The van der Waals surface area contributed by atoms with Gasteiger partial charge in [-0.05, 0) is 27.7 Å². The van der Waals surface area contributed by atoms with Crippen LogP contribution in [0.5, 0.6) is 0 Å². The highest BCUT2D eigenvalue weighted by Gasteiger charge is 2.16. The Kier molecular flexibility index (Phi) is 4.89. The van der Waals surface area contributed by atoms with Crippen LogP contribution in [0.15, 0.2) is 0 Å². The molecule has 3 nitrogen and oxygen atoms in total. The van der Waals surface area contributed by atoms with Crippen molar-refractivity contribution in [3.05, 3.63) is 0 Å². The number of amides is 1. The molecule has 1 atom stereocenters. The summed E-state index contributed by atoms with van der Waals surface area (Å²) in [5, 5.41) is 2.72. The van der Waals surface area contributed by atoms with Crippen molar-refractivity contribution in [1.82, 2.24) is 5.32 Å². The summed E-state index contributed by atoms with van der Waals surface area (Å²) in [6.45, 7) is 7.49. The normalized spacial score (nSPS) is 13.8. The molecule has 12 heavy (non-hydrogen) atoms. The maximum atomic E-state index is 11.1. The molecule has 0 aliphatic rings. The summed E-state index contributed by atoms with van der Waals surface area (Å²) in [5.41, 5.74) is -0.408. The van der Waals surface area contributed by atoms with Gasteiger partial charge in [0.25, 0.3) is 0 Å². The molecular formula is C8H16INO2. The third kappa shape index (κ3) is 6.69. The van der Waals surface area contributed by atoms with Crippen LogP contribution >= 0.6 is 22.6 Å². The number of halogens is 1. The molecule has 0 rings (SSSR count). The third-order valence-electron chi connectivity index (χ3n) is 0.995. The van der Waals surface area contributed by atoms with Crippen molar-refractivity contribution >= 4 is 28.7 Å². The number of alkyl carbamates (subject to hydrolysis) is 1. The topological polar surface area (TPSA) is 38.3 Å². The number of carbonyl (C=O) groups is 1. The SMILES string of the molecule is C[C@H](CI)NC(=O)OC(C)(C)C. The first-order valence-electron chi connectivity index (χ1n) is 3.90. The molecule has 0 aliphatic heterocycles. The number of ether oxygens (including phenoxy) is 1. The smallest absolute Gasteiger partial charge is 0.407 e. The summed E-state index contributed by atoms with van der Waals surface area (Å²) in [5.74, 6) is 0. The van der Waals surface area contributed by atoms with E-state index >= 15 is 0 Å². The van der Waals surface area contributed by atoms with Crippen LogP contribution in [0.1, 0.15) is 27.7 Å². The van der Waals surface area contributed by atoms with Gasteiger partial charge in [0, 0.05) is 10.5 Å². The van der Waals surface area contributed by atoms with Gasteiger partial charge in [0.05, 0.1) is 0 Å². The molecule has 1 N–H and O–H groups in total. The summed E-state index contributed by atoms with van der Waals surface area (Å²) in [7, 11) is 0. The molecule has 0 heterocycles. The van der Waals surface area contributed by atoms with Crippen molar-refractivity contribution in [2.45, 2.75) is 39.3 Å². The van der Waals surface area contributed by atoms with Crippen LogP contribution in [0, 0.1) is 0 Å². The van der Waals surface area contributed by atoms with Gasteiger partial charge in [-0.15, -0.1) is 0 Å². The van der Waals surface area contributed by atoms with Gasteiger partial charge in [0.1, 0.15) is 5.60 Å². The van der Waals surface area contributed by atoms with Crippen molar-refractivity contribution in [1.29, 1.82) is 0 Å². The lowest BCUT2D eigenvalue weighted by Gasteiger charge is -2.21. The van der Waals surface area contributed by atoms with E-state index in [1.807, 2.05) is 27.7 Å². The van der Waals surface area contributed by atoms with Crippen LogP contribution in [-0.2, 0) is 4.74 Å². The number of carbonyl (C=O) groups excluding carboxylic acids is 1. The van der Waals surface area contributed by atoms with Crippen LogP contribution in [-0.4, -0.2) is 22.2 Å². The van der Waals surface area contributed by atoms with E-state index < -0.39 is 5.60 Å². The highest BCUT2D eigenvalue weighted by atomic mass is 127. The lowest BCUT2D eigenvalue weighted by molar-refractivity contribution is 0.0514. The molecule has 0 fully saturated rings.